The fourth-order valence-corrected chi connectivity index (χ4v) is 2.15. The third-order valence-corrected chi connectivity index (χ3v) is 3.25. The number of rotatable bonds is 6. The minimum Gasteiger partial charge on any atom is -0.490 e. The summed E-state index contributed by atoms with van der Waals surface area (Å²) in [6.07, 6.45) is 1.78. The van der Waals surface area contributed by atoms with Crippen molar-refractivity contribution in [3.8, 4) is 5.75 Å². The fourth-order valence-electron chi connectivity index (χ4n) is 1.48. The van der Waals surface area contributed by atoms with Crippen molar-refractivity contribution in [1.82, 2.24) is 10.3 Å². The molecule has 0 aromatic carbocycles. The average molecular weight is 248 g/mol. The molecule has 0 saturated carbocycles. The van der Waals surface area contributed by atoms with E-state index >= 15 is 0 Å². The fraction of sp³-hybridized carbons (Fsp3) is 0.308. The molecule has 2 aromatic heterocycles. The van der Waals surface area contributed by atoms with E-state index in [1.54, 1.807) is 17.5 Å². The Morgan fingerprint density at radius 3 is 3.06 bits per heavy atom. The number of hydrogen-bond acceptors (Lipinski definition) is 4. The van der Waals surface area contributed by atoms with Crippen LogP contribution in [-0.2, 0) is 6.54 Å². The summed E-state index contributed by atoms with van der Waals surface area (Å²) in [5.41, 5.74) is 0.936. The molecule has 2 heterocycles. The number of hydrogen-bond donors (Lipinski definition) is 1. The summed E-state index contributed by atoms with van der Waals surface area (Å²) >= 11 is 1.77. The smallest absolute Gasteiger partial charge is 0.140 e. The average Bonchev–Trinajstić information content (AvgIpc) is 2.84. The minimum absolute atomic E-state index is 0.665. The molecule has 0 aliphatic carbocycles. The lowest BCUT2D eigenvalue weighted by atomic mass is 10.3. The van der Waals surface area contributed by atoms with Gasteiger partial charge in [0.25, 0.3) is 0 Å². The second-order valence-electron chi connectivity index (χ2n) is 3.69. The minimum atomic E-state index is 0.665. The van der Waals surface area contributed by atoms with Crippen molar-refractivity contribution in [2.75, 3.05) is 13.2 Å². The third-order valence-electron chi connectivity index (χ3n) is 2.37. The highest BCUT2D eigenvalue weighted by Crippen LogP contribution is 2.12. The maximum Gasteiger partial charge on any atom is 0.140 e. The van der Waals surface area contributed by atoms with Crippen LogP contribution in [0.3, 0.4) is 0 Å². The summed E-state index contributed by atoms with van der Waals surface area (Å²) in [6, 6.07) is 8.03. The molecule has 1 N–H and O–H groups in total. The Balaban J connectivity index is 1.65. The Hall–Kier alpha value is -1.39. The Bertz CT molecular complexity index is 442. The van der Waals surface area contributed by atoms with Crippen molar-refractivity contribution in [2.24, 2.45) is 0 Å². The predicted molar refractivity (Wildman–Crippen MR) is 70.5 cm³/mol. The highest BCUT2D eigenvalue weighted by atomic mass is 32.1. The first-order chi connectivity index (χ1) is 8.36. The number of pyridine rings is 1. The van der Waals surface area contributed by atoms with Gasteiger partial charge in [0.2, 0.25) is 0 Å². The summed E-state index contributed by atoms with van der Waals surface area (Å²) in [6.45, 7) is 4.37. The van der Waals surface area contributed by atoms with Gasteiger partial charge >= 0.3 is 0 Å². The van der Waals surface area contributed by atoms with Crippen LogP contribution in [0.25, 0.3) is 0 Å². The van der Waals surface area contributed by atoms with Gasteiger partial charge in [-0.25, -0.2) is 0 Å². The molecule has 0 saturated heterocycles. The molecule has 0 radical (unpaired) electrons. The molecular weight excluding hydrogens is 232 g/mol. The first kappa shape index (κ1) is 12.1. The highest BCUT2D eigenvalue weighted by molar-refractivity contribution is 7.09. The van der Waals surface area contributed by atoms with Gasteiger partial charge in [0.1, 0.15) is 12.4 Å². The summed E-state index contributed by atoms with van der Waals surface area (Å²) in [5.74, 6) is 0.866. The molecule has 0 amide bonds. The topological polar surface area (TPSA) is 34.1 Å². The molecule has 0 fully saturated rings. The zero-order valence-corrected chi connectivity index (χ0v) is 10.7. The van der Waals surface area contributed by atoms with Crippen LogP contribution < -0.4 is 10.1 Å². The Morgan fingerprint density at radius 2 is 2.29 bits per heavy atom. The molecule has 90 valence electrons. The van der Waals surface area contributed by atoms with Crippen LogP contribution >= 0.6 is 11.3 Å². The first-order valence-corrected chi connectivity index (χ1v) is 6.52. The van der Waals surface area contributed by atoms with Crippen molar-refractivity contribution in [3.63, 3.8) is 0 Å². The molecule has 0 aliphatic heterocycles. The Kier molecular flexibility index (Phi) is 4.53. The number of aryl methyl sites for hydroxylation is 1. The van der Waals surface area contributed by atoms with Crippen molar-refractivity contribution < 1.29 is 4.74 Å². The van der Waals surface area contributed by atoms with Crippen molar-refractivity contribution in [2.45, 2.75) is 13.5 Å². The molecule has 0 bridgehead atoms. The Labute approximate surface area is 105 Å². The van der Waals surface area contributed by atoms with Gasteiger partial charge < -0.3 is 10.1 Å². The van der Waals surface area contributed by atoms with Gasteiger partial charge in [0, 0.05) is 24.2 Å². The molecule has 2 aromatic rings. The molecule has 17 heavy (non-hydrogen) atoms. The van der Waals surface area contributed by atoms with E-state index in [1.807, 2.05) is 19.1 Å². The summed E-state index contributed by atoms with van der Waals surface area (Å²) < 4.78 is 5.63. The van der Waals surface area contributed by atoms with Crippen LogP contribution in [0.4, 0.5) is 0 Å². The van der Waals surface area contributed by atoms with Gasteiger partial charge in [-0.05, 0) is 30.5 Å². The van der Waals surface area contributed by atoms with Gasteiger partial charge in [-0.15, -0.1) is 11.3 Å². The van der Waals surface area contributed by atoms with Crippen LogP contribution in [0.1, 0.15) is 10.6 Å². The molecule has 0 aliphatic rings. The lowest BCUT2D eigenvalue weighted by molar-refractivity contribution is 0.310. The molecule has 3 nitrogen and oxygen atoms in total. The molecular formula is C13H16N2OS. The highest BCUT2D eigenvalue weighted by Gasteiger charge is 1.98. The van der Waals surface area contributed by atoms with Crippen LogP contribution in [0.5, 0.6) is 5.75 Å². The molecule has 0 atom stereocenters. The van der Waals surface area contributed by atoms with E-state index in [0.29, 0.717) is 6.61 Å². The van der Waals surface area contributed by atoms with E-state index < -0.39 is 0 Å². The SMILES string of the molecule is Cc1ncccc1OCCNCc1cccs1. The van der Waals surface area contributed by atoms with E-state index in [9.17, 15) is 0 Å². The number of nitrogens with zero attached hydrogens (tertiary/aromatic N) is 1. The van der Waals surface area contributed by atoms with Crippen LogP contribution in [0.2, 0.25) is 0 Å². The predicted octanol–water partition coefficient (Wildman–Crippen LogP) is 2.62. The molecule has 0 spiro atoms. The summed E-state index contributed by atoms with van der Waals surface area (Å²) in [5, 5.41) is 5.43. The quantitative estimate of drug-likeness (QED) is 0.798. The zero-order valence-electron chi connectivity index (χ0n) is 9.85. The van der Waals surface area contributed by atoms with E-state index in [-0.39, 0.29) is 0 Å². The number of thiophene rings is 1. The second kappa shape index (κ2) is 6.37. The van der Waals surface area contributed by atoms with E-state index in [1.165, 1.54) is 4.88 Å². The molecule has 2 rings (SSSR count). The summed E-state index contributed by atoms with van der Waals surface area (Å²) in [4.78, 5) is 5.52. The van der Waals surface area contributed by atoms with Crippen LogP contribution in [0.15, 0.2) is 35.8 Å². The lowest BCUT2D eigenvalue weighted by Crippen LogP contribution is -2.20. The second-order valence-corrected chi connectivity index (χ2v) is 4.72. The van der Waals surface area contributed by atoms with Gasteiger partial charge in [-0.1, -0.05) is 6.07 Å². The largest absolute Gasteiger partial charge is 0.490 e. The molecule has 4 heteroatoms. The van der Waals surface area contributed by atoms with Gasteiger partial charge in [0.05, 0.1) is 5.69 Å². The van der Waals surface area contributed by atoms with E-state index in [0.717, 1.165) is 24.5 Å². The number of nitrogens with one attached hydrogen (secondary N) is 1. The van der Waals surface area contributed by atoms with Crippen molar-refractivity contribution in [1.29, 1.82) is 0 Å². The summed E-state index contributed by atoms with van der Waals surface area (Å²) in [7, 11) is 0. The zero-order chi connectivity index (χ0) is 11.9. The first-order valence-electron chi connectivity index (χ1n) is 5.64. The van der Waals surface area contributed by atoms with E-state index in [4.69, 9.17) is 4.74 Å². The maximum atomic E-state index is 5.63. The standard InChI is InChI=1S/C13H16N2OS/c1-11-13(5-2-6-15-11)16-8-7-14-10-12-4-3-9-17-12/h2-6,9,14H,7-8,10H2,1H3. The van der Waals surface area contributed by atoms with Gasteiger partial charge in [0.15, 0.2) is 0 Å². The maximum absolute atomic E-state index is 5.63. The number of ether oxygens (including phenoxy) is 1. The van der Waals surface area contributed by atoms with E-state index in [2.05, 4.69) is 27.8 Å². The third kappa shape index (κ3) is 3.84. The monoisotopic (exact) mass is 248 g/mol. The van der Waals surface area contributed by atoms with Crippen LogP contribution in [-0.4, -0.2) is 18.1 Å². The van der Waals surface area contributed by atoms with Crippen molar-refractivity contribution >= 4 is 11.3 Å². The van der Waals surface area contributed by atoms with Crippen LogP contribution in [0, 0.1) is 6.92 Å². The lowest BCUT2D eigenvalue weighted by Gasteiger charge is -2.08. The normalized spacial score (nSPS) is 10.4. The molecule has 0 unspecified atom stereocenters. The number of aromatic nitrogens is 1. The van der Waals surface area contributed by atoms with Gasteiger partial charge in [-0.2, -0.15) is 0 Å². The van der Waals surface area contributed by atoms with Crippen molar-refractivity contribution in [3.05, 3.63) is 46.4 Å². The van der Waals surface area contributed by atoms with Gasteiger partial charge in [-0.3, -0.25) is 4.98 Å². The Morgan fingerprint density at radius 1 is 1.35 bits per heavy atom.